The molecule has 0 radical (unpaired) electrons. The van der Waals surface area contributed by atoms with Gasteiger partial charge in [0.25, 0.3) is 0 Å². The van der Waals surface area contributed by atoms with E-state index in [1.807, 2.05) is 6.92 Å². The van der Waals surface area contributed by atoms with Crippen molar-refractivity contribution in [3.8, 4) is 5.75 Å². The summed E-state index contributed by atoms with van der Waals surface area (Å²) in [5.41, 5.74) is 0.556. The van der Waals surface area contributed by atoms with Gasteiger partial charge >= 0.3 is 0 Å². The summed E-state index contributed by atoms with van der Waals surface area (Å²) in [6.07, 6.45) is 1.63. The number of aromatic nitrogens is 1. The number of ether oxygens (including phenoxy) is 1. The lowest BCUT2D eigenvalue weighted by Gasteiger charge is -2.07. The Morgan fingerprint density at radius 1 is 1.47 bits per heavy atom. The van der Waals surface area contributed by atoms with E-state index in [0.29, 0.717) is 23.3 Å². The smallest absolute Gasteiger partial charge is 0.145 e. The molecular formula is C11H9BrFNO. The molecule has 2 nitrogen and oxygen atoms in total. The third-order valence-corrected chi connectivity index (χ3v) is 2.46. The van der Waals surface area contributed by atoms with Gasteiger partial charge < -0.3 is 4.74 Å². The standard InChI is InChI=1S/C11H9BrFNO/c1-2-15-10-4-3-9(13)8-5-7(12)6-14-11(8)10/h3-6H,2H2,1H3. The maximum atomic E-state index is 13.5. The first kappa shape index (κ1) is 10.4. The Morgan fingerprint density at radius 3 is 3.00 bits per heavy atom. The quantitative estimate of drug-likeness (QED) is 0.832. The number of benzene rings is 1. The molecule has 0 bridgehead atoms. The Kier molecular flexibility index (Phi) is 2.86. The van der Waals surface area contributed by atoms with Crippen molar-refractivity contribution in [2.75, 3.05) is 6.61 Å². The van der Waals surface area contributed by atoms with Crippen LogP contribution in [-0.2, 0) is 0 Å². The molecule has 15 heavy (non-hydrogen) atoms. The van der Waals surface area contributed by atoms with Crippen LogP contribution in [0.1, 0.15) is 6.92 Å². The van der Waals surface area contributed by atoms with Gasteiger partial charge in [0.1, 0.15) is 17.1 Å². The average molecular weight is 270 g/mol. The van der Waals surface area contributed by atoms with Crippen LogP contribution in [0.15, 0.2) is 28.9 Å². The molecule has 0 saturated carbocycles. The van der Waals surface area contributed by atoms with Crippen molar-refractivity contribution in [2.45, 2.75) is 6.92 Å². The van der Waals surface area contributed by atoms with Crippen molar-refractivity contribution in [3.05, 3.63) is 34.7 Å². The molecule has 0 aliphatic heterocycles. The molecule has 1 heterocycles. The molecule has 0 spiro atoms. The highest BCUT2D eigenvalue weighted by molar-refractivity contribution is 9.10. The number of fused-ring (bicyclic) bond motifs is 1. The Balaban J connectivity index is 2.71. The van der Waals surface area contributed by atoms with Gasteiger partial charge in [0.15, 0.2) is 0 Å². The van der Waals surface area contributed by atoms with Crippen molar-refractivity contribution in [1.82, 2.24) is 4.98 Å². The molecule has 0 aliphatic rings. The Morgan fingerprint density at radius 2 is 2.27 bits per heavy atom. The summed E-state index contributed by atoms with van der Waals surface area (Å²) in [4.78, 5) is 4.15. The number of hydrogen-bond donors (Lipinski definition) is 0. The zero-order valence-corrected chi connectivity index (χ0v) is 9.71. The third-order valence-electron chi connectivity index (χ3n) is 2.03. The van der Waals surface area contributed by atoms with E-state index < -0.39 is 0 Å². The van der Waals surface area contributed by atoms with Gasteiger partial charge in [-0.3, -0.25) is 4.98 Å². The van der Waals surface area contributed by atoms with E-state index in [1.165, 1.54) is 6.07 Å². The lowest BCUT2D eigenvalue weighted by atomic mass is 10.2. The molecule has 2 rings (SSSR count). The Hall–Kier alpha value is -1.16. The van der Waals surface area contributed by atoms with E-state index in [4.69, 9.17) is 4.74 Å². The normalized spacial score (nSPS) is 10.6. The van der Waals surface area contributed by atoms with E-state index in [9.17, 15) is 4.39 Å². The second-order valence-corrected chi connectivity index (χ2v) is 3.94. The molecule has 0 amide bonds. The first-order valence-corrected chi connectivity index (χ1v) is 5.38. The number of rotatable bonds is 2. The van der Waals surface area contributed by atoms with Gasteiger partial charge in [0.05, 0.1) is 6.61 Å². The zero-order chi connectivity index (χ0) is 10.8. The van der Waals surface area contributed by atoms with Gasteiger partial charge in [0.2, 0.25) is 0 Å². The number of hydrogen-bond acceptors (Lipinski definition) is 2. The van der Waals surface area contributed by atoms with E-state index in [2.05, 4.69) is 20.9 Å². The highest BCUT2D eigenvalue weighted by Crippen LogP contribution is 2.27. The van der Waals surface area contributed by atoms with Gasteiger partial charge in [-0.2, -0.15) is 0 Å². The van der Waals surface area contributed by atoms with Crippen LogP contribution >= 0.6 is 15.9 Å². The molecule has 4 heteroatoms. The monoisotopic (exact) mass is 269 g/mol. The van der Waals surface area contributed by atoms with Gasteiger partial charge in [-0.1, -0.05) is 0 Å². The molecule has 0 aliphatic carbocycles. The fraction of sp³-hybridized carbons (Fsp3) is 0.182. The van der Waals surface area contributed by atoms with Crippen LogP contribution in [-0.4, -0.2) is 11.6 Å². The first-order valence-electron chi connectivity index (χ1n) is 4.59. The third kappa shape index (κ3) is 1.95. The summed E-state index contributed by atoms with van der Waals surface area (Å²) in [6, 6.07) is 4.68. The fourth-order valence-electron chi connectivity index (χ4n) is 1.41. The highest BCUT2D eigenvalue weighted by atomic mass is 79.9. The summed E-state index contributed by atoms with van der Waals surface area (Å²) < 4.78 is 19.6. The van der Waals surface area contributed by atoms with Crippen LogP contribution in [0.4, 0.5) is 4.39 Å². The maximum absolute atomic E-state index is 13.5. The summed E-state index contributed by atoms with van der Waals surface area (Å²) in [5.74, 6) is 0.323. The van der Waals surface area contributed by atoms with Gasteiger partial charge in [-0.05, 0) is 41.1 Å². The molecule has 1 aromatic carbocycles. The van der Waals surface area contributed by atoms with Crippen LogP contribution in [0.25, 0.3) is 10.9 Å². The molecule has 0 saturated heterocycles. The minimum Gasteiger partial charge on any atom is -0.492 e. The Bertz CT molecular complexity index is 501. The topological polar surface area (TPSA) is 22.1 Å². The van der Waals surface area contributed by atoms with Crippen LogP contribution in [0.2, 0.25) is 0 Å². The van der Waals surface area contributed by atoms with Crippen LogP contribution < -0.4 is 4.74 Å². The van der Waals surface area contributed by atoms with Crippen LogP contribution in [0.3, 0.4) is 0 Å². The van der Waals surface area contributed by atoms with Gasteiger partial charge in [-0.25, -0.2) is 4.39 Å². The van der Waals surface area contributed by atoms with Crippen molar-refractivity contribution in [3.63, 3.8) is 0 Å². The largest absolute Gasteiger partial charge is 0.492 e. The maximum Gasteiger partial charge on any atom is 0.145 e. The predicted octanol–water partition coefficient (Wildman–Crippen LogP) is 3.54. The molecule has 0 atom stereocenters. The molecule has 78 valence electrons. The van der Waals surface area contributed by atoms with Gasteiger partial charge in [0, 0.05) is 16.1 Å². The minimum absolute atomic E-state index is 0.290. The SMILES string of the molecule is CCOc1ccc(F)c2cc(Br)cnc12. The molecule has 0 fully saturated rings. The minimum atomic E-state index is -0.290. The molecule has 1 aromatic heterocycles. The second-order valence-electron chi connectivity index (χ2n) is 3.03. The van der Waals surface area contributed by atoms with E-state index in [0.717, 1.165) is 4.47 Å². The van der Waals surface area contributed by atoms with Crippen molar-refractivity contribution < 1.29 is 9.13 Å². The molecule has 2 aromatic rings. The number of pyridine rings is 1. The summed E-state index contributed by atoms with van der Waals surface area (Å²) >= 11 is 3.26. The van der Waals surface area contributed by atoms with Crippen LogP contribution in [0.5, 0.6) is 5.75 Å². The van der Waals surface area contributed by atoms with Gasteiger partial charge in [-0.15, -0.1) is 0 Å². The molecule has 0 N–H and O–H groups in total. The predicted molar refractivity (Wildman–Crippen MR) is 60.6 cm³/mol. The average Bonchev–Trinajstić information content (AvgIpc) is 2.23. The highest BCUT2D eigenvalue weighted by Gasteiger charge is 2.08. The summed E-state index contributed by atoms with van der Waals surface area (Å²) in [5, 5.41) is 0.468. The summed E-state index contributed by atoms with van der Waals surface area (Å²) in [6.45, 7) is 2.42. The number of halogens is 2. The van der Waals surface area contributed by atoms with Crippen molar-refractivity contribution in [1.29, 1.82) is 0 Å². The first-order chi connectivity index (χ1) is 7.22. The lowest BCUT2D eigenvalue weighted by molar-refractivity contribution is 0.343. The van der Waals surface area contributed by atoms with E-state index in [1.54, 1.807) is 18.3 Å². The van der Waals surface area contributed by atoms with Crippen molar-refractivity contribution in [2.24, 2.45) is 0 Å². The lowest BCUT2D eigenvalue weighted by Crippen LogP contribution is -1.94. The van der Waals surface area contributed by atoms with E-state index >= 15 is 0 Å². The molecule has 0 unspecified atom stereocenters. The zero-order valence-electron chi connectivity index (χ0n) is 8.13. The van der Waals surface area contributed by atoms with E-state index in [-0.39, 0.29) is 5.82 Å². The summed E-state index contributed by atoms with van der Waals surface area (Å²) in [7, 11) is 0. The number of nitrogens with zero attached hydrogens (tertiary/aromatic N) is 1. The molecular weight excluding hydrogens is 261 g/mol. The van der Waals surface area contributed by atoms with Crippen molar-refractivity contribution >= 4 is 26.8 Å². The Labute approximate surface area is 95.2 Å². The van der Waals surface area contributed by atoms with Crippen LogP contribution in [0, 0.1) is 5.82 Å². The fourth-order valence-corrected chi connectivity index (χ4v) is 1.74. The second kappa shape index (κ2) is 4.14.